The van der Waals surface area contributed by atoms with Crippen LogP contribution >= 0.6 is 11.3 Å². The van der Waals surface area contributed by atoms with E-state index in [1.165, 1.54) is 11.3 Å². The van der Waals surface area contributed by atoms with E-state index in [-0.39, 0.29) is 19.0 Å². The van der Waals surface area contributed by atoms with E-state index in [9.17, 15) is 9.59 Å². The minimum Gasteiger partial charge on any atom is -0.463 e. The van der Waals surface area contributed by atoms with Gasteiger partial charge in [0, 0.05) is 0 Å². The number of carbonyl (C=O) groups is 1. The van der Waals surface area contributed by atoms with Crippen LogP contribution in [0.1, 0.15) is 36.6 Å². The first-order chi connectivity index (χ1) is 16.0. The first kappa shape index (κ1) is 21.2. The number of hydrogen-bond acceptors (Lipinski definition) is 7. The summed E-state index contributed by atoms with van der Waals surface area (Å²) in [5.74, 6) is 0.713. The van der Waals surface area contributed by atoms with Crippen LogP contribution in [0.4, 0.5) is 0 Å². The fourth-order valence-corrected chi connectivity index (χ4v) is 5.05. The molecule has 0 unspecified atom stereocenters. The highest BCUT2D eigenvalue weighted by Gasteiger charge is 2.34. The topological polar surface area (TPSA) is 79.1 Å². The number of nitrogens with zero attached hydrogens (tertiary/aromatic N) is 2. The van der Waals surface area contributed by atoms with Crippen molar-refractivity contribution in [2.75, 3.05) is 13.4 Å². The zero-order chi connectivity index (χ0) is 23.1. The van der Waals surface area contributed by atoms with Crippen LogP contribution in [0.15, 0.2) is 63.5 Å². The maximum absolute atomic E-state index is 13.6. The van der Waals surface area contributed by atoms with E-state index in [1.54, 1.807) is 24.5 Å². The zero-order valence-electron chi connectivity index (χ0n) is 18.5. The molecule has 168 valence electrons. The van der Waals surface area contributed by atoms with E-state index in [1.807, 2.05) is 49.4 Å². The number of allylic oxidation sites excluding steroid dienone is 1. The highest BCUT2D eigenvalue weighted by atomic mass is 32.1. The summed E-state index contributed by atoms with van der Waals surface area (Å²) in [6.07, 6.45) is 1.85. The Bertz CT molecular complexity index is 1460. The van der Waals surface area contributed by atoms with Crippen molar-refractivity contribution >= 4 is 23.4 Å². The lowest BCUT2D eigenvalue weighted by molar-refractivity contribution is -0.139. The summed E-state index contributed by atoms with van der Waals surface area (Å²) in [4.78, 5) is 31.7. The van der Waals surface area contributed by atoms with Gasteiger partial charge in [-0.15, -0.1) is 0 Å². The molecular weight excluding hydrogens is 440 g/mol. The van der Waals surface area contributed by atoms with Crippen molar-refractivity contribution in [1.29, 1.82) is 0 Å². The zero-order valence-corrected chi connectivity index (χ0v) is 19.3. The first-order valence-corrected chi connectivity index (χ1v) is 11.4. The van der Waals surface area contributed by atoms with Crippen molar-refractivity contribution in [1.82, 2.24) is 4.57 Å². The van der Waals surface area contributed by atoms with Gasteiger partial charge in [-0.1, -0.05) is 47.2 Å². The van der Waals surface area contributed by atoms with Crippen LogP contribution in [-0.2, 0) is 9.53 Å². The Hall–Kier alpha value is -3.65. The molecule has 0 saturated heterocycles. The molecule has 0 spiro atoms. The van der Waals surface area contributed by atoms with Gasteiger partial charge >= 0.3 is 5.97 Å². The van der Waals surface area contributed by atoms with Gasteiger partial charge in [-0.25, -0.2) is 9.79 Å². The number of rotatable bonds is 4. The molecule has 0 saturated carbocycles. The standard InChI is InChI=1S/C25H22N2O5S/c1-4-30-24(29)21-15(3)26-25-27(22(21)17-9-10-18-19(12-17)32-13-31-18)23(28)20(33-25)11-16-7-5-14(2)6-8-16/h5-12,22H,4,13H2,1-3H3/b20-11-/t22-/m1/s1. The van der Waals surface area contributed by atoms with Crippen molar-refractivity contribution < 1.29 is 19.0 Å². The number of ether oxygens (including phenoxy) is 3. The number of aromatic nitrogens is 1. The Morgan fingerprint density at radius 2 is 1.94 bits per heavy atom. The normalized spacial score (nSPS) is 17.1. The highest BCUT2D eigenvalue weighted by Crippen LogP contribution is 2.38. The molecule has 7 nitrogen and oxygen atoms in total. The van der Waals surface area contributed by atoms with E-state index in [4.69, 9.17) is 14.2 Å². The van der Waals surface area contributed by atoms with E-state index in [0.29, 0.717) is 32.1 Å². The molecule has 5 rings (SSSR count). The number of esters is 1. The SMILES string of the molecule is CCOC(=O)C1=C(C)N=c2s/c(=C\c3ccc(C)cc3)c(=O)n2[C@@H]1c1ccc2c(c1)OCO2. The molecule has 0 fully saturated rings. The lowest BCUT2D eigenvalue weighted by Gasteiger charge is -2.24. The Labute approximate surface area is 193 Å². The summed E-state index contributed by atoms with van der Waals surface area (Å²) in [5, 5.41) is 0. The number of aryl methyl sites for hydroxylation is 1. The fourth-order valence-electron chi connectivity index (χ4n) is 4.00. The maximum atomic E-state index is 13.6. The predicted molar refractivity (Wildman–Crippen MR) is 124 cm³/mol. The highest BCUT2D eigenvalue weighted by molar-refractivity contribution is 7.07. The van der Waals surface area contributed by atoms with Crippen LogP contribution < -0.4 is 24.4 Å². The molecule has 2 aromatic carbocycles. The van der Waals surface area contributed by atoms with Crippen molar-refractivity contribution in [3.05, 3.63) is 90.1 Å². The molecule has 3 aromatic rings. The van der Waals surface area contributed by atoms with Crippen molar-refractivity contribution in [3.63, 3.8) is 0 Å². The van der Waals surface area contributed by atoms with E-state index >= 15 is 0 Å². The molecule has 0 bridgehead atoms. The number of fused-ring (bicyclic) bond motifs is 2. The van der Waals surface area contributed by atoms with Crippen LogP contribution in [0.25, 0.3) is 6.08 Å². The summed E-state index contributed by atoms with van der Waals surface area (Å²) in [7, 11) is 0. The lowest BCUT2D eigenvalue weighted by Crippen LogP contribution is -2.39. The molecular formula is C25H22N2O5S. The summed E-state index contributed by atoms with van der Waals surface area (Å²) in [5.41, 5.74) is 3.44. The van der Waals surface area contributed by atoms with Gasteiger partial charge in [-0.3, -0.25) is 9.36 Å². The number of hydrogen-bond donors (Lipinski definition) is 0. The summed E-state index contributed by atoms with van der Waals surface area (Å²) in [6, 6.07) is 12.7. The van der Waals surface area contributed by atoms with Gasteiger partial charge in [-0.2, -0.15) is 0 Å². The van der Waals surface area contributed by atoms with E-state index in [2.05, 4.69) is 4.99 Å². The molecule has 8 heteroatoms. The van der Waals surface area contributed by atoms with E-state index < -0.39 is 12.0 Å². The maximum Gasteiger partial charge on any atom is 0.338 e. The van der Waals surface area contributed by atoms with Crippen LogP contribution in [0.2, 0.25) is 0 Å². The number of carbonyl (C=O) groups excluding carboxylic acids is 1. The quantitative estimate of drug-likeness (QED) is 0.557. The average Bonchev–Trinajstić information content (AvgIpc) is 3.38. The molecule has 0 aliphatic carbocycles. The third-order valence-electron chi connectivity index (χ3n) is 5.60. The second kappa shape index (κ2) is 8.37. The fraction of sp³-hybridized carbons (Fsp3) is 0.240. The van der Waals surface area contributed by atoms with Crippen molar-refractivity contribution in [2.24, 2.45) is 4.99 Å². The minimum atomic E-state index is -0.685. The third kappa shape index (κ3) is 3.76. The summed E-state index contributed by atoms with van der Waals surface area (Å²) < 4.78 is 18.4. The average molecular weight is 463 g/mol. The summed E-state index contributed by atoms with van der Waals surface area (Å²) >= 11 is 1.30. The molecule has 3 heterocycles. The molecule has 2 aliphatic heterocycles. The van der Waals surface area contributed by atoms with Gasteiger partial charge in [0.1, 0.15) is 0 Å². The van der Waals surface area contributed by atoms with Crippen molar-refractivity contribution in [3.8, 4) is 11.5 Å². The smallest absolute Gasteiger partial charge is 0.338 e. The van der Waals surface area contributed by atoms with Gasteiger partial charge < -0.3 is 14.2 Å². The molecule has 0 radical (unpaired) electrons. The van der Waals surface area contributed by atoms with Crippen molar-refractivity contribution in [2.45, 2.75) is 26.8 Å². The van der Waals surface area contributed by atoms with Gasteiger partial charge in [0.05, 0.1) is 28.5 Å². The number of thiazole rings is 1. The summed E-state index contributed by atoms with van der Waals surface area (Å²) in [6.45, 7) is 5.89. The molecule has 0 amide bonds. The molecule has 33 heavy (non-hydrogen) atoms. The van der Waals surface area contributed by atoms with Gasteiger partial charge in [0.25, 0.3) is 5.56 Å². The van der Waals surface area contributed by atoms with Crippen LogP contribution in [-0.4, -0.2) is 23.9 Å². The lowest BCUT2D eigenvalue weighted by atomic mass is 9.95. The Morgan fingerprint density at radius 3 is 2.70 bits per heavy atom. The van der Waals surface area contributed by atoms with Gasteiger partial charge in [-0.05, 0) is 50.1 Å². The largest absolute Gasteiger partial charge is 0.463 e. The predicted octanol–water partition coefficient (Wildman–Crippen LogP) is 2.84. The second-order valence-corrected chi connectivity index (χ2v) is 8.83. The number of benzene rings is 2. The van der Waals surface area contributed by atoms with Gasteiger partial charge in [0.15, 0.2) is 16.3 Å². The Balaban J connectivity index is 1.72. The second-order valence-electron chi connectivity index (χ2n) is 7.83. The van der Waals surface area contributed by atoms with Crippen LogP contribution in [0.5, 0.6) is 11.5 Å². The van der Waals surface area contributed by atoms with Crippen LogP contribution in [0.3, 0.4) is 0 Å². The van der Waals surface area contributed by atoms with Gasteiger partial charge in [0.2, 0.25) is 6.79 Å². The Morgan fingerprint density at radius 1 is 1.18 bits per heavy atom. The monoisotopic (exact) mass is 462 g/mol. The molecule has 1 atom stereocenters. The minimum absolute atomic E-state index is 0.137. The molecule has 2 aliphatic rings. The third-order valence-corrected chi connectivity index (χ3v) is 6.59. The van der Waals surface area contributed by atoms with E-state index in [0.717, 1.165) is 16.7 Å². The first-order valence-electron chi connectivity index (χ1n) is 10.6. The van der Waals surface area contributed by atoms with Crippen LogP contribution in [0, 0.1) is 6.92 Å². The Kier molecular flexibility index (Phi) is 5.38. The molecule has 0 N–H and O–H groups in total. The molecule has 1 aromatic heterocycles.